The van der Waals surface area contributed by atoms with Crippen LogP contribution in [0.3, 0.4) is 0 Å². The van der Waals surface area contributed by atoms with Crippen molar-refractivity contribution in [3.8, 4) is 0 Å². The van der Waals surface area contributed by atoms with Gasteiger partial charge in [0.25, 0.3) is 5.91 Å². The van der Waals surface area contributed by atoms with E-state index in [0.29, 0.717) is 42.3 Å². The fraction of sp³-hybridized carbons (Fsp3) is 0.300. The van der Waals surface area contributed by atoms with Gasteiger partial charge in [0.05, 0.1) is 12.2 Å². The van der Waals surface area contributed by atoms with E-state index in [1.165, 1.54) is 12.2 Å². The van der Waals surface area contributed by atoms with Crippen LogP contribution in [0.2, 0.25) is 5.15 Å². The molecule has 1 aromatic heterocycles. The fourth-order valence-electron chi connectivity index (χ4n) is 2.94. The topological polar surface area (TPSA) is 81.5 Å². The lowest BCUT2D eigenvalue weighted by molar-refractivity contribution is -0.151. The second-order valence-corrected chi connectivity index (χ2v) is 6.77. The molecule has 0 spiro atoms. The molecule has 0 N–H and O–H groups in total. The Kier molecular flexibility index (Phi) is 6.26. The predicted octanol–water partition coefficient (Wildman–Crippen LogP) is 2.60. The highest BCUT2D eigenvalue weighted by atomic mass is 35.5. The zero-order valence-corrected chi connectivity index (χ0v) is 16.2. The highest BCUT2D eigenvalue weighted by Crippen LogP contribution is 2.22. The lowest BCUT2D eigenvalue weighted by Gasteiger charge is -2.12. The number of amides is 2. The van der Waals surface area contributed by atoms with E-state index in [9.17, 15) is 14.4 Å². The molecule has 146 valence electrons. The van der Waals surface area contributed by atoms with Crippen LogP contribution in [-0.4, -0.2) is 45.6 Å². The fourth-order valence-corrected chi connectivity index (χ4v) is 3.24. The Bertz CT molecular complexity index is 921. The first kappa shape index (κ1) is 19.8. The first-order chi connectivity index (χ1) is 13.5. The van der Waals surface area contributed by atoms with E-state index >= 15 is 0 Å². The molecule has 1 aliphatic rings. The van der Waals surface area contributed by atoms with Gasteiger partial charge in [-0.1, -0.05) is 41.9 Å². The number of esters is 1. The Morgan fingerprint density at radius 1 is 1.29 bits per heavy atom. The molecule has 2 amide bonds. The van der Waals surface area contributed by atoms with Gasteiger partial charge in [-0.2, -0.15) is 5.10 Å². The van der Waals surface area contributed by atoms with E-state index in [4.69, 9.17) is 16.3 Å². The number of benzene rings is 1. The smallest absolute Gasteiger partial charge is 0.331 e. The summed E-state index contributed by atoms with van der Waals surface area (Å²) < 4.78 is 6.58. The van der Waals surface area contributed by atoms with Crippen molar-refractivity contribution in [2.75, 3.05) is 13.2 Å². The van der Waals surface area contributed by atoms with Gasteiger partial charge in [-0.15, -0.1) is 0 Å². The highest BCUT2D eigenvalue weighted by molar-refractivity contribution is 6.31. The van der Waals surface area contributed by atoms with Gasteiger partial charge in [-0.05, 0) is 25.0 Å². The number of halogens is 1. The number of carbonyl (C=O) groups is 3. The van der Waals surface area contributed by atoms with Crippen LogP contribution in [-0.2, 0) is 25.7 Å². The van der Waals surface area contributed by atoms with Crippen molar-refractivity contribution < 1.29 is 19.1 Å². The van der Waals surface area contributed by atoms with Crippen molar-refractivity contribution in [1.82, 2.24) is 14.7 Å². The number of ether oxygens (including phenoxy) is 1. The van der Waals surface area contributed by atoms with E-state index in [-0.39, 0.29) is 5.91 Å². The number of hydrogen-bond donors (Lipinski definition) is 0. The van der Waals surface area contributed by atoms with Gasteiger partial charge in [0.2, 0.25) is 5.91 Å². The zero-order chi connectivity index (χ0) is 20.1. The van der Waals surface area contributed by atoms with Crippen LogP contribution in [0.25, 0.3) is 6.08 Å². The summed E-state index contributed by atoms with van der Waals surface area (Å²) in [4.78, 5) is 36.4. The minimum Gasteiger partial charge on any atom is -0.452 e. The average Bonchev–Trinajstić information content (AvgIpc) is 3.22. The summed E-state index contributed by atoms with van der Waals surface area (Å²) in [6.07, 6.45) is 3.70. The first-order valence-corrected chi connectivity index (χ1v) is 9.28. The van der Waals surface area contributed by atoms with Gasteiger partial charge in [0, 0.05) is 24.6 Å². The van der Waals surface area contributed by atoms with E-state index < -0.39 is 18.5 Å². The molecule has 2 heterocycles. The number of carbonyl (C=O) groups excluding carboxylic acids is 3. The largest absolute Gasteiger partial charge is 0.452 e. The third kappa shape index (κ3) is 4.67. The minimum atomic E-state index is -0.689. The van der Waals surface area contributed by atoms with Crippen molar-refractivity contribution in [3.63, 3.8) is 0 Å². The summed E-state index contributed by atoms with van der Waals surface area (Å²) in [5, 5.41) is 4.81. The summed E-state index contributed by atoms with van der Waals surface area (Å²) in [5.74, 6) is -1.43. The summed E-state index contributed by atoms with van der Waals surface area (Å²) in [6.45, 7) is 2.22. The third-order valence-electron chi connectivity index (χ3n) is 4.38. The number of aryl methyl sites for hydroxylation is 1. The minimum absolute atomic E-state index is 0.232. The molecule has 7 nitrogen and oxygen atoms in total. The van der Waals surface area contributed by atoms with Crippen molar-refractivity contribution in [3.05, 3.63) is 58.4 Å². The van der Waals surface area contributed by atoms with Gasteiger partial charge in [-0.25, -0.2) is 9.48 Å². The number of nitrogens with zero attached hydrogens (tertiary/aromatic N) is 3. The molecule has 8 heteroatoms. The molecule has 0 aliphatic carbocycles. The van der Waals surface area contributed by atoms with Crippen molar-refractivity contribution in [2.24, 2.45) is 0 Å². The summed E-state index contributed by atoms with van der Waals surface area (Å²) in [5.41, 5.74) is 2.33. The molecule has 0 atom stereocenters. The molecule has 1 aliphatic heterocycles. The van der Waals surface area contributed by atoms with Gasteiger partial charge >= 0.3 is 5.97 Å². The van der Waals surface area contributed by atoms with E-state index in [2.05, 4.69) is 5.10 Å². The van der Waals surface area contributed by atoms with Crippen molar-refractivity contribution in [1.29, 1.82) is 0 Å². The van der Waals surface area contributed by atoms with Crippen LogP contribution in [0.5, 0.6) is 0 Å². The quantitative estimate of drug-likeness (QED) is 0.549. The van der Waals surface area contributed by atoms with Crippen LogP contribution in [0.1, 0.15) is 29.7 Å². The maximum absolute atomic E-state index is 11.9. The monoisotopic (exact) mass is 401 g/mol. The van der Waals surface area contributed by atoms with E-state index in [1.54, 1.807) is 11.6 Å². The molecular weight excluding hydrogens is 382 g/mol. The van der Waals surface area contributed by atoms with Gasteiger partial charge in [0.1, 0.15) is 5.15 Å². The molecule has 1 saturated heterocycles. The summed E-state index contributed by atoms with van der Waals surface area (Å²) >= 11 is 6.39. The van der Waals surface area contributed by atoms with Gasteiger partial charge in [-0.3, -0.25) is 14.5 Å². The van der Waals surface area contributed by atoms with Crippen LogP contribution in [0, 0.1) is 6.92 Å². The first-order valence-electron chi connectivity index (χ1n) is 8.90. The van der Waals surface area contributed by atoms with Crippen molar-refractivity contribution >= 4 is 35.5 Å². The summed E-state index contributed by atoms with van der Waals surface area (Å²) in [6, 6.07) is 9.76. The van der Waals surface area contributed by atoms with E-state index in [0.717, 1.165) is 10.5 Å². The molecule has 28 heavy (non-hydrogen) atoms. The maximum atomic E-state index is 11.9. The van der Waals surface area contributed by atoms with Crippen LogP contribution in [0.4, 0.5) is 0 Å². The van der Waals surface area contributed by atoms with E-state index in [1.807, 2.05) is 30.3 Å². The number of aromatic nitrogens is 2. The zero-order valence-electron chi connectivity index (χ0n) is 15.4. The molecule has 0 saturated carbocycles. The van der Waals surface area contributed by atoms with Crippen LogP contribution >= 0.6 is 11.6 Å². The number of rotatable bonds is 6. The molecule has 3 rings (SSSR count). The number of imide groups is 1. The number of hydrogen-bond acceptors (Lipinski definition) is 5. The Balaban J connectivity index is 1.59. The normalized spacial score (nSPS) is 14.1. The predicted molar refractivity (Wildman–Crippen MR) is 103 cm³/mol. The second kappa shape index (κ2) is 8.84. The Labute approximate surface area is 167 Å². The van der Waals surface area contributed by atoms with Crippen LogP contribution in [0.15, 0.2) is 36.4 Å². The molecule has 0 unspecified atom stereocenters. The Morgan fingerprint density at radius 2 is 2.04 bits per heavy atom. The SMILES string of the molecule is Cc1nn(Cc2ccccc2)c(Cl)c1C=CC(=O)OCC(=O)N1CCCC1=O. The Hall–Kier alpha value is -2.93. The molecular formula is C20H20ClN3O4. The molecule has 2 aromatic rings. The molecule has 1 fully saturated rings. The van der Waals surface area contributed by atoms with Gasteiger partial charge < -0.3 is 4.74 Å². The van der Waals surface area contributed by atoms with Gasteiger partial charge in [0.15, 0.2) is 6.61 Å². The summed E-state index contributed by atoms with van der Waals surface area (Å²) in [7, 11) is 0. The highest BCUT2D eigenvalue weighted by Gasteiger charge is 2.26. The standard InChI is InChI=1S/C20H20ClN3O4/c1-14-16(20(21)24(22-14)12-15-6-3-2-4-7-15)9-10-19(27)28-13-18(26)23-11-5-8-17(23)25/h2-4,6-7,9-10H,5,8,11-13H2,1H3. The lowest BCUT2D eigenvalue weighted by atomic mass is 10.2. The number of likely N-dealkylation sites (tertiary alicyclic amines) is 1. The Morgan fingerprint density at radius 3 is 2.71 bits per heavy atom. The maximum Gasteiger partial charge on any atom is 0.331 e. The average molecular weight is 402 g/mol. The lowest BCUT2D eigenvalue weighted by Crippen LogP contribution is -2.35. The van der Waals surface area contributed by atoms with Crippen LogP contribution < -0.4 is 0 Å². The third-order valence-corrected chi connectivity index (χ3v) is 4.78. The molecule has 1 aromatic carbocycles. The molecule has 0 radical (unpaired) electrons. The molecule has 0 bridgehead atoms. The second-order valence-electron chi connectivity index (χ2n) is 6.42. The van der Waals surface area contributed by atoms with Crippen molar-refractivity contribution in [2.45, 2.75) is 26.3 Å².